The van der Waals surface area contributed by atoms with Crippen LogP contribution in [0.15, 0.2) is 25.3 Å². The second kappa shape index (κ2) is 13.8. The smallest absolute Gasteiger partial charge is 0.0986 e. The second-order valence-corrected chi connectivity index (χ2v) is 4.53. The standard InChI is InChI=1S/C16H30O3/c1-5-9-11-18-15(7-3)13-17-14-16(8-4)19-12-10-6-2/h7-8,15-16H,3-6,9-14H2,1-2H3. The molecule has 0 amide bonds. The lowest BCUT2D eigenvalue weighted by Gasteiger charge is -2.17. The van der Waals surface area contributed by atoms with Crippen molar-refractivity contribution in [1.29, 1.82) is 0 Å². The van der Waals surface area contributed by atoms with Crippen LogP contribution in [0.3, 0.4) is 0 Å². The average Bonchev–Trinajstić information content (AvgIpc) is 2.44. The second-order valence-electron chi connectivity index (χ2n) is 4.53. The molecule has 2 unspecified atom stereocenters. The summed E-state index contributed by atoms with van der Waals surface area (Å²) in [7, 11) is 0. The number of rotatable bonds is 14. The molecule has 0 heterocycles. The van der Waals surface area contributed by atoms with Crippen LogP contribution in [0.25, 0.3) is 0 Å². The summed E-state index contributed by atoms with van der Waals surface area (Å²) in [5.74, 6) is 0. The van der Waals surface area contributed by atoms with E-state index in [1.54, 1.807) is 12.2 Å². The topological polar surface area (TPSA) is 27.7 Å². The fraction of sp³-hybridized carbons (Fsp3) is 0.750. The molecule has 0 aromatic rings. The zero-order valence-electron chi connectivity index (χ0n) is 12.6. The van der Waals surface area contributed by atoms with Gasteiger partial charge in [-0.25, -0.2) is 0 Å². The Morgan fingerprint density at radius 3 is 1.58 bits per heavy atom. The van der Waals surface area contributed by atoms with Crippen LogP contribution in [-0.4, -0.2) is 38.6 Å². The van der Waals surface area contributed by atoms with E-state index in [4.69, 9.17) is 14.2 Å². The van der Waals surface area contributed by atoms with E-state index in [1.165, 1.54) is 0 Å². The summed E-state index contributed by atoms with van der Waals surface area (Å²) in [6, 6.07) is 0. The maximum atomic E-state index is 5.64. The highest BCUT2D eigenvalue weighted by Crippen LogP contribution is 2.02. The van der Waals surface area contributed by atoms with E-state index in [0.29, 0.717) is 13.2 Å². The Hall–Kier alpha value is -0.640. The first-order valence-corrected chi connectivity index (χ1v) is 7.34. The predicted molar refractivity (Wildman–Crippen MR) is 80.5 cm³/mol. The van der Waals surface area contributed by atoms with Gasteiger partial charge < -0.3 is 14.2 Å². The maximum Gasteiger partial charge on any atom is 0.0986 e. The quantitative estimate of drug-likeness (QED) is 0.355. The molecule has 0 aromatic carbocycles. The summed E-state index contributed by atoms with van der Waals surface area (Å²) in [4.78, 5) is 0. The van der Waals surface area contributed by atoms with Crippen LogP contribution in [0.2, 0.25) is 0 Å². The number of hydrogen-bond acceptors (Lipinski definition) is 3. The third-order valence-corrected chi connectivity index (χ3v) is 2.75. The fourth-order valence-electron chi connectivity index (χ4n) is 1.43. The van der Waals surface area contributed by atoms with Gasteiger partial charge in [-0.3, -0.25) is 0 Å². The minimum Gasteiger partial charge on any atom is -0.375 e. The van der Waals surface area contributed by atoms with Crippen LogP contribution in [-0.2, 0) is 14.2 Å². The van der Waals surface area contributed by atoms with E-state index in [-0.39, 0.29) is 12.2 Å². The number of hydrogen-bond donors (Lipinski definition) is 0. The first-order chi connectivity index (χ1) is 9.28. The van der Waals surface area contributed by atoms with Gasteiger partial charge in [0.15, 0.2) is 0 Å². The minimum absolute atomic E-state index is 0.0346. The lowest BCUT2D eigenvalue weighted by Crippen LogP contribution is -2.23. The van der Waals surface area contributed by atoms with Crippen molar-refractivity contribution in [2.24, 2.45) is 0 Å². The molecular weight excluding hydrogens is 240 g/mol. The largest absolute Gasteiger partial charge is 0.375 e. The third-order valence-electron chi connectivity index (χ3n) is 2.75. The van der Waals surface area contributed by atoms with Gasteiger partial charge in [0.2, 0.25) is 0 Å². The summed E-state index contributed by atoms with van der Waals surface area (Å²) >= 11 is 0. The molecule has 0 aliphatic carbocycles. The van der Waals surface area contributed by atoms with Crippen LogP contribution in [0.4, 0.5) is 0 Å². The zero-order valence-corrected chi connectivity index (χ0v) is 12.6. The normalized spacial score (nSPS) is 14.0. The molecule has 0 fully saturated rings. The predicted octanol–water partition coefficient (Wildman–Crippen LogP) is 3.75. The van der Waals surface area contributed by atoms with Gasteiger partial charge in [0, 0.05) is 13.2 Å². The highest BCUT2D eigenvalue weighted by Gasteiger charge is 2.08. The highest BCUT2D eigenvalue weighted by atomic mass is 16.6. The molecule has 112 valence electrons. The van der Waals surface area contributed by atoms with Crippen molar-refractivity contribution in [3.63, 3.8) is 0 Å². The molecule has 2 atom stereocenters. The maximum absolute atomic E-state index is 5.64. The van der Waals surface area contributed by atoms with Gasteiger partial charge in [-0.15, -0.1) is 13.2 Å². The van der Waals surface area contributed by atoms with Crippen molar-refractivity contribution in [3.8, 4) is 0 Å². The third kappa shape index (κ3) is 10.9. The van der Waals surface area contributed by atoms with Crippen molar-refractivity contribution in [2.45, 2.75) is 51.7 Å². The summed E-state index contributed by atoms with van der Waals surface area (Å²) in [6.07, 6.45) is 7.91. The minimum atomic E-state index is -0.0346. The Morgan fingerprint density at radius 2 is 1.26 bits per heavy atom. The van der Waals surface area contributed by atoms with E-state index in [1.807, 2.05) is 0 Å². The van der Waals surface area contributed by atoms with E-state index in [0.717, 1.165) is 38.9 Å². The van der Waals surface area contributed by atoms with Gasteiger partial charge in [-0.2, -0.15) is 0 Å². The van der Waals surface area contributed by atoms with Crippen molar-refractivity contribution in [3.05, 3.63) is 25.3 Å². The van der Waals surface area contributed by atoms with E-state index >= 15 is 0 Å². The summed E-state index contributed by atoms with van der Waals surface area (Å²) in [6.45, 7) is 14.4. The van der Waals surface area contributed by atoms with Gasteiger partial charge in [0.1, 0.15) is 0 Å². The molecule has 0 aromatic heterocycles. The highest BCUT2D eigenvalue weighted by molar-refractivity contribution is 4.82. The van der Waals surface area contributed by atoms with Crippen LogP contribution in [0, 0.1) is 0 Å². The molecule has 0 rings (SSSR count). The van der Waals surface area contributed by atoms with E-state index < -0.39 is 0 Å². The summed E-state index contributed by atoms with van der Waals surface area (Å²) < 4.78 is 16.9. The van der Waals surface area contributed by atoms with Crippen molar-refractivity contribution in [2.75, 3.05) is 26.4 Å². The van der Waals surface area contributed by atoms with E-state index in [2.05, 4.69) is 27.0 Å². The van der Waals surface area contributed by atoms with Gasteiger partial charge >= 0.3 is 0 Å². The Kier molecular flexibility index (Phi) is 13.3. The SMILES string of the molecule is C=CC(COCC(C=C)OCCCC)OCCCC. The van der Waals surface area contributed by atoms with Crippen LogP contribution in [0.1, 0.15) is 39.5 Å². The Labute approximate surface area is 118 Å². The Balaban J connectivity index is 3.70. The molecule has 3 nitrogen and oxygen atoms in total. The van der Waals surface area contributed by atoms with Gasteiger partial charge in [-0.05, 0) is 12.8 Å². The number of unbranched alkanes of at least 4 members (excludes halogenated alkanes) is 2. The molecule has 0 bridgehead atoms. The fourth-order valence-corrected chi connectivity index (χ4v) is 1.43. The first kappa shape index (κ1) is 18.4. The average molecular weight is 270 g/mol. The van der Waals surface area contributed by atoms with E-state index in [9.17, 15) is 0 Å². The molecule has 3 heteroatoms. The molecule has 0 aliphatic rings. The molecule has 0 spiro atoms. The lowest BCUT2D eigenvalue weighted by atomic mass is 10.3. The molecule has 0 aliphatic heterocycles. The molecule has 0 saturated heterocycles. The molecule has 0 saturated carbocycles. The molecule has 0 radical (unpaired) electrons. The van der Waals surface area contributed by atoms with Crippen molar-refractivity contribution < 1.29 is 14.2 Å². The van der Waals surface area contributed by atoms with Crippen LogP contribution < -0.4 is 0 Å². The summed E-state index contributed by atoms with van der Waals surface area (Å²) in [5, 5.41) is 0. The number of ether oxygens (including phenoxy) is 3. The monoisotopic (exact) mass is 270 g/mol. The molecular formula is C16H30O3. The molecule has 0 N–H and O–H groups in total. The van der Waals surface area contributed by atoms with Crippen molar-refractivity contribution in [1.82, 2.24) is 0 Å². The van der Waals surface area contributed by atoms with Gasteiger partial charge in [0.25, 0.3) is 0 Å². The van der Waals surface area contributed by atoms with Gasteiger partial charge in [-0.1, -0.05) is 38.8 Å². The Morgan fingerprint density at radius 1 is 0.842 bits per heavy atom. The Bertz CT molecular complexity index is 194. The van der Waals surface area contributed by atoms with Crippen LogP contribution in [0.5, 0.6) is 0 Å². The van der Waals surface area contributed by atoms with Crippen molar-refractivity contribution >= 4 is 0 Å². The lowest BCUT2D eigenvalue weighted by molar-refractivity contribution is -0.0314. The molecule has 19 heavy (non-hydrogen) atoms. The summed E-state index contributed by atoms with van der Waals surface area (Å²) in [5.41, 5.74) is 0. The van der Waals surface area contributed by atoms with Crippen LogP contribution >= 0.6 is 0 Å². The zero-order chi connectivity index (χ0) is 14.3. The first-order valence-electron chi connectivity index (χ1n) is 7.34. The van der Waals surface area contributed by atoms with Gasteiger partial charge in [0.05, 0.1) is 25.4 Å².